The first-order valence-corrected chi connectivity index (χ1v) is 8.26. The monoisotopic (exact) mass is 343 g/mol. The lowest BCUT2D eigenvalue weighted by atomic mass is 9.97. The SMILES string of the molecule is COc1cc(CNC(=O)N2CCC(C(=O)O)CC2)c2ccccc2n1. The van der Waals surface area contributed by atoms with Gasteiger partial charge in [-0.25, -0.2) is 9.78 Å². The molecule has 2 amide bonds. The van der Waals surface area contributed by atoms with Crippen molar-refractivity contribution in [2.24, 2.45) is 5.92 Å². The summed E-state index contributed by atoms with van der Waals surface area (Å²) < 4.78 is 5.23. The first-order valence-electron chi connectivity index (χ1n) is 8.26. The molecule has 2 heterocycles. The maximum Gasteiger partial charge on any atom is 0.317 e. The van der Waals surface area contributed by atoms with Gasteiger partial charge < -0.3 is 20.1 Å². The maximum absolute atomic E-state index is 12.4. The van der Waals surface area contributed by atoms with Gasteiger partial charge in [0.05, 0.1) is 18.5 Å². The second kappa shape index (κ2) is 7.38. The number of pyridine rings is 1. The highest BCUT2D eigenvalue weighted by Crippen LogP contribution is 2.22. The second-order valence-electron chi connectivity index (χ2n) is 6.10. The number of fused-ring (bicyclic) bond motifs is 1. The third-order valence-corrected chi connectivity index (χ3v) is 4.55. The summed E-state index contributed by atoms with van der Waals surface area (Å²) in [5.74, 6) is -0.627. The minimum Gasteiger partial charge on any atom is -0.481 e. The normalized spacial score (nSPS) is 15.2. The number of methoxy groups -OCH3 is 1. The van der Waals surface area contributed by atoms with Gasteiger partial charge in [0.1, 0.15) is 0 Å². The molecule has 2 aromatic rings. The van der Waals surface area contributed by atoms with Crippen molar-refractivity contribution in [2.75, 3.05) is 20.2 Å². The summed E-state index contributed by atoms with van der Waals surface area (Å²) in [5, 5.41) is 12.9. The van der Waals surface area contributed by atoms with Crippen LogP contribution in [0.1, 0.15) is 18.4 Å². The molecule has 0 spiro atoms. The van der Waals surface area contributed by atoms with Gasteiger partial charge in [-0.15, -0.1) is 0 Å². The Bertz CT molecular complexity index is 785. The van der Waals surface area contributed by atoms with Crippen molar-refractivity contribution in [3.8, 4) is 5.88 Å². The molecule has 1 fully saturated rings. The van der Waals surface area contributed by atoms with E-state index in [1.165, 1.54) is 0 Å². The van der Waals surface area contributed by atoms with Gasteiger partial charge in [0.15, 0.2) is 0 Å². The fourth-order valence-corrected chi connectivity index (χ4v) is 3.08. The van der Waals surface area contributed by atoms with E-state index in [0.29, 0.717) is 38.4 Å². The largest absolute Gasteiger partial charge is 0.481 e. The first-order chi connectivity index (χ1) is 12.1. The highest BCUT2D eigenvalue weighted by Gasteiger charge is 2.26. The number of piperidine rings is 1. The highest BCUT2D eigenvalue weighted by atomic mass is 16.5. The van der Waals surface area contributed by atoms with E-state index in [9.17, 15) is 9.59 Å². The molecule has 3 rings (SSSR count). The number of hydrogen-bond donors (Lipinski definition) is 2. The number of urea groups is 1. The molecule has 0 unspecified atom stereocenters. The summed E-state index contributed by atoms with van der Waals surface area (Å²) >= 11 is 0. The first kappa shape index (κ1) is 17.0. The van der Waals surface area contributed by atoms with Crippen molar-refractivity contribution in [1.29, 1.82) is 0 Å². The van der Waals surface area contributed by atoms with Crippen molar-refractivity contribution in [3.63, 3.8) is 0 Å². The molecule has 0 bridgehead atoms. The standard InChI is InChI=1S/C18H21N3O4/c1-25-16-10-13(14-4-2-3-5-15(14)20-16)11-19-18(24)21-8-6-12(7-9-21)17(22)23/h2-5,10,12H,6-9,11H2,1H3,(H,19,24)(H,22,23). The molecular weight excluding hydrogens is 322 g/mol. The number of ether oxygens (including phenoxy) is 1. The lowest BCUT2D eigenvalue weighted by Crippen LogP contribution is -2.45. The Kier molecular flexibility index (Phi) is 5.02. The quantitative estimate of drug-likeness (QED) is 0.888. The van der Waals surface area contributed by atoms with Crippen LogP contribution in [0.5, 0.6) is 5.88 Å². The number of carboxylic acids is 1. The average Bonchev–Trinajstić information content (AvgIpc) is 2.65. The Labute approximate surface area is 145 Å². The number of carbonyl (C=O) groups excluding carboxylic acids is 1. The minimum absolute atomic E-state index is 0.177. The molecule has 0 radical (unpaired) electrons. The van der Waals surface area contributed by atoms with E-state index < -0.39 is 5.97 Å². The molecule has 1 saturated heterocycles. The number of carboxylic acid groups (broad SMARTS) is 1. The Morgan fingerprint density at radius 2 is 2.04 bits per heavy atom. The van der Waals surface area contributed by atoms with Crippen molar-refractivity contribution in [1.82, 2.24) is 15.2 Å². The second-order valence-corrected chi connectivity index (χ2v) is 6.10. The number of nitrogens with one attached hydrogen (secondary N) is 1. The number of hydrogen-bond acceptors (Lipinski definition) is 4. The van der Waals surface area contributed by atoms with Gasteiger partial charge in [-0.05, 0) is 24.5 Å². The van der Waals surface area contributed by atoms with Gasteiger partial charge >= 0.3 is 12.0 Å². The molecule has 1 aliphatic heterocycles. The van der Waals surface area contributed by atoms with Gasteiger partial charge in [0.25, 0.3) is 0 Å². The number of para-hydroxylation sites is 1. The Balaban J connectivity index is 1.66. The van der Waals surface area contributed by atoms with Gasteiger partial charge in [0.2, 0.25) is 5.88 Å². The zero-order valence-electron chi connectivity index (χ0n) is 14.1. The van der Waals surface area contributed by atoms with Crippen molar-refractivity contribution in [2.45, 2.75) is 19.4 Å². The molecule has 0 aliphatic carbocycles. The zero-order valence-corrected chi connectivity index (χ0v) is 14.1. The van der Waals surface area contributed by atoms with Crippen molar-refractivity contribution >= 4 is 22.9 Å². The Morgan fingerprint density at radius 3 is 2.72 bits per heavy atom. The van der Waals surface area contributed by atoms with Crippen LogP contribution in [0.4, 0.5) is 4.79 Å². The molecule has 7 nitrogen and oxygen atoms in total. The number of rotatable bonds is 4. The van der Waals surface area contributed by atoms with Crippen LogP contribution in [-0.2, 0) is 11.3 Å². The molecule has 132 valence electrons. The van der Waals surface area contributed by atoms with Gasteiger partial charge in [0, 0.05) is 31.1 Å². The van der Waals surface area contributed by atoms with Crippen LogP contribution in [0.15, 0.2) is 30.3 Å². The Hall–Kier alpha value is -2.83. The molecule has 25 heavy (non-hydrogen) atoms. The summed E-state index contributed by atoms with van der Waals surface area (Å²) in [7, 11) is 1.56. The van der Waals surface area contributed by atoms with E-state index in [1.807, 2.05) is 30.3 Å². The van der Waals surface area contributed by atoms with Crippen LogP contribution >= 0.6 is 0 Å². The third kappa shape index (κ3) is 3.81. The van der Waals surface area contributed by atoms with Crippen LogP contribution < -0.4 is 10.1 Å². The molecule has 1 aromatic carbocycles. The Morgan fingerprint density at radius 1 is 1.32 bits per heavy atom. The van der Waals surface area contributed by atoms with Crippen molar-refractivity contribution in [3.05, 3.63) is 35.9 Å². The number of carbonyl (C=O) groups is 2. The van der Waals surface area contributed by atoms with Gasteiger partial charge in [-0.3, -0.25) is 4.79 Å². The molecular formula is C18H21N3O4. The molecule has 0 saturated carbocycles. The smallest absolute Gasteiger partial charge is 0.317 e. The number of amides is 2. The van der Waals surface area contributed by atoms with Crippen LogP contribution in [0.3, 0.4) is 0 Å². The number of likely N-dealkylation sites (tertiary alicyclic amines) is 1. The predicted molar refractivity (Wildman–Crippen MR) is 92.5 cm³/mol. The zero-order chi connectivity index (χ0) is 17.8. The molecule has 0 atom stereocenters. The highest BCUT2D eigenvalue weighted by molar-refractivity contribution is 5.83. The number of benzene rings is 1. The summed E-state index contributed by atoms with van der Waals surface area (Å²) in [6.45, 7) is 1.28. The fourth-order valence-electron chi connectivity index (χ4n) is 3.08. The lowest BCUT2D eigenvalue weighted by Gasteiger charge is -2.30. The molecule has 1 aromatic heterocycles. The van der Waals surface area contributed by atoms with Crippen LogP contribution in [0, 0.1) is 5.92 Å². The molecule has 7 heteroatoms. The third-order valence-electron chi connectivity index (χ3n) is 4.55. The summed E-state index contributed by atoms with van der Waals surface area (Å²) in [5.41, 5.74) is 1.74. The number of aromatic nitrogens is 1. The number of aliphatic carboxylic acids is 1. The van der Waals surface area contributed by atoms with E-state index in [0.717, 1.165) is 16.5 Å². The maximum atomic E-state index is 12.4. The van der Waals surface area contributed by atoms with Crippen LogP contribution in [0.25, 0.3) is 10.9 Å². The van der Waals surface area contributed by atoms with Gasteiger partial charge in [-0.2, -0.15) is 0 Å². The summed E-state index contributed by atoms with van der Waals surface area (Å²) in [6.07, 6.45) is 0.990. The fraction of sp³-hybridized carbons (Fsp3) is 0.389. The summed E-state index contributed by atoms with van der Waals surface area (Å²) in [6, 6.07) is 9.34. The minimum atomic E-state index is -0.782. The number of nitrogens with zero attached hydrogens (tertiary/aromatic N) is 2. The topological polar surface area (TPSA) is 91.8 Å². The van der Waals surface area contributed by atoms with E-state index in [4.69, 9.17) is 9.84 Å². The summed E-state index contributed by atoms with van der Waals surface area (Å²) in [4.78, 5) is 29.4. The predicted octanol–water partition coefficient (Wildman–Crippen LogP) is 2.25. The van der Waals surface area contributed by atoms with E-state index in [-0.39, 0.29) is 11.9 Å². The molecule has 1 aliphatic rings. The van der Waals surface area contributed by atoms with Crippen LogP contribution in [-0.4, -0.2) is 47.2 Å². The van der Waals surface area contributed by atoms with E-state index in [1.54, 1.807) is 12.0 Å². The molecule has 2 N–H and O–H groups in total. The lowest BCUT2D eigenvalue weighted by molar-refractivity contribution is -0.143. The average molecular weight is 343 g/mol. The van der Waals surface area contributed by atoms with E-state index in [2.05, 4.69) is 10.3 Å². The van der Waals surface area contributed by atoms with Crippen molar-refractivity contribution < 1.29 is 19.4 Å². The van der Waals surface area contributed by atoms with E-state index >= 15 is 0 Å². The van der Waals surface area contributed by atoms with Gasteiger partial charge in [-0.1, -0.05) is 18.2 Å². The van der Waals surface area contributed by atoms with Crippen LogP contribution in [0.2, 0.25) is 0 Å².